The van der Waals surface area contributed by atoms with E-state index in [0.717, 1.165) is 23.3 Å². The highest BCUT2D eigenvalue weighted by Gasteiger charge is 2.11. The third-order valence-electron chi connectivity index (χ3n) is 3.13. The van der Waals surface area contributed by atoms with Gasteiger partial charge in [-0.05, 0) is 55.7 Å². The summed E-state index contributed by atoms with van der Waals surface area (Å²) in [5.41, 5.74) is 2.01. The van der Waals surface area contributed by atoms with Crippen LogP contribution in [0.15, 0.2) is 24.3 Å². The van der Waals surface area contributed by atoms with Crippen LogP contribution in [0.4, 0.5) is 0 Å². The van der Waals surface area contributed by atoms with E-state index >= 15 is 0 Å². The van der Waals surface area contributed by atoms with Crippen molar-refractivity contribution in [3.05, 3.63) is 50.7 Å². The normalized spacial score (nSPS) is 10.6. The zero-order valence-electron chi connectivity index (χ0n) is 11.9. The number of hydrogen-bond donors (Lipinski definition) is 1. The van der Waals surface area contributed by atoms with Crippen LogP contribution in [0.3, 0.4) is 0 Å². The van der Waals surface area contributed by atoms with Gasteiger partial charge in [0.1, 0.15) is 12.4 Å². The van der Waals surface area contributed by atoms with Gasteiger partial charge in [0, 0.05) is 9.75 Å². The first-order valence-electron chi connectivity index (χ1n) is 6.56. The van der Waals surface area contributed by atoms with Gasteiger partial charge >= 0.3 is 5.97 Å². The fourth-order valence-corrected chi connectivity index (χ4v) is 3.01. The molecule has 0 aliphatic heterocycles. The maximum absolute atomic E-state index is 11.0. The lowest BCUT2D eigenvalue weighted by Crippen LogP contribution is -2.02. The second-order valence-electron chi connectivity index (χ2n) is 4.75. The van der Waals surface area contributed by atoms with Gasteiger partial charge in [0.15, 0.2) is 0 Å². The van der Waals surface area contributed by atoms with Gasteiger partial charge in [-0.1, -0.05) is 6.92 Å². The van der Waals surface area contributed by atoms with Crippen molar-refractivity contribution in [2.24, 2.45) is 0 Å². The molecule has 1 aromatic heterocycles. The van der Waals surface area contributed by atoms with E-state index in [1.54, 1.807) is 23.5 Å². The SMILES string of the molecule is CCc1ccc(COc2c(C)cc(C(=O)O)cc2C)s1. The molecule has 20 heavy (non-hydrogen) atoms. The Balaban J connectivity index is 2.15. The topological polar surface area (TPSA) is 46.5 Å². The van der Waals surface area contributed by atoms with Crippen LogP contribution in [-0.4, -0.2) is 11.1 Å². The minimum absolute atomic E-state index is 0.303. The Hall–Kier alpha value is -1.81. The van der Waals surface area contributed by atoms with E-state index in [-0.39, 0.29) is 0 Å². The summed E-state index contributed by atoms with van der Waals surface area (Å²) in [6.45, 7) is 6.41. The van der Waals surface area contributed by atoms with E-state index < -0.39 is 5.97 Å². The molecule has 0 aliphatic carbocycles. The summed E-state index contributed by atoms with van der Waals surface area (Å²) in [6, 6.07) is 7.50. The Morgan fingerprint density at radius 1 is 1.20 bits per heavy atom. The summed E-state index contributed by atoms with van der Waals surface area (Å²) in [6.07, 6.45) is 1.04. The van der Waals surface area contributed by atoms with E-state index in [4.69, 9.17) is 9.84 Å². The lowest BCUT2D eigenvalue weighted by atomic mass is 10.1. The highest BCUT2D eigenvalue weighted by molar-refractivity contribution is 7.11. The van der Waals surface area contributed by atoms with Crippen molar-refractivity contribution in [3.63, 3.8) is 0 Å². The Morgan fingerprint density at radius 2 is 1.80 bits per heavy atom. The molecule has 0 atom stereocenters. The van der Waals surface area contributed by atoms with Crippen molar-refractivity contribution in [1.29, 1.82) is 0 Å². The summed E-state index contributed by atoms with van der Waals surface area (Å²) >= 11 is 1.75. The Morgan fingerprint density at radius 3 is 2.30 bits per heavy atom. The fourth-order valence-electron chi connectivity index (χ4n) is 2.13. The zero-order valence-corrected chi connectivity index (χ0v) is 12.7. The van der Waals surface area contributed by atoms with Crippen molar-refractivity contribution in [2.45, 2.75) is 33.8 Å². The maximum Gasteiger partial charge on any atom is 0.335 e. The average Bonchev–Trinajstić information content (AvgIpc) is 2.85. The molecule has 0 aliphatic rings. The molecule has 0 unspecified atom stereocenters. The van der Waals surface area contributed by atoms with E-state index in [1.165, 1.54) is 9.75 Å². The molecule has 0 fully saturated rings. The molecule has 0 saturated heterocycles. The average molecular weight is 290 g/mol. The second-order valence-corrected chi connectivity index (χ2v) is 6.01. The number of ether oxygens (including phenoxy) is 1. The van der Waals surface area contributed by atoms with Crippen molar-refractivity contribution >= 4 is 17.3 Å². The van der Waals surface area contributed by atoms with E-state index in [2.05, 4.69) is 19.1 Å². The summed E-state index contributed by atoms with van der Waals surface area (Å²) in [4.78, 5) is 13.5. The van der Waals surface area contributed by atoms with Gasteiger partial charge in [-0.2, -0.15) is 0 Å². The molecule has 4 heteroatoms. The Bertz CT molecular complexity index is 605. The van der Waals surface area contributed by atoms with Gasteiger partial charge in [-0.25, -0.2) is 4.79 Å². The second kappa shape index (κ2) is 6.09. The molecule has 3 nitrogen and oxygen atoms in total. The number of thiophene rings is 1. The van der Waals surface area contributed by atoms with Gasteiger partial charge < -0.3 is 9.84 Å². The zero-order chi connectivity index (χ0) is 14.7. The monoisotopic (exact) mass is 290 g/mol. The lowest BCUT2D eigenvalue weighted by molar-refractivity contribution is 0.0696. The van der Waals surface area contributed by atoms with Crippen LogP contribution in [0.2, 0.25) is 0 Å². The summed E-state index contributed by atoms with van der Waals surface area (Å²) < 4.78 is 5.86. The first kappa shape index (κ1) is 14.6. The fraction of sp³-hybridized carbons (Fsp3) is 0.312. The molecule has 106 valence electrons. The number of carboxylic acids is 1. The van der Waals surface area contributed by atoms with Crippen LogP contribution in [-0.2, 0) is 13.0 Å². The summed E-state index contributed by atoms with van der Waals surface area (Å²) in [5, 5.41) is 9.02. The molecule has 2 aromatic rings. The molecule has 0 amide bonds. The Labute approximate surface area is 122 Å². The number of hydrogen-bond acceptors (Lipinski definition) is 3. The number of carbonyl (C=O) groups is 1. The maximum atomic E-state index is 11.0. The number of aromatic carboxylic acids is 1. The van der Waals surface area contributed by atoms with E-state index in [9.17, 15) is 4.79 Å². The van der Waals surface area contributed by atoms with Gasteiger partial charge in [0.05, 0.1) is 5.56 Å². The van der Waals surface area contributed by atoms with Gasteiger partial charge in [-0.15, -0.1) is 11.3 Å². The first-order valence-corrected chi connectivity index (χ1v) is 7.37. The number of carboxylic acid groups (broad SMARTS) is 1. The molecule has 0 bridgehead atoms. The quantitative estimate of drug-likeness (QED) is 0.897. The lowest BCUT2D eigenvalue weighted by Gasteiger charge is -2.12. The number of rotatable bonds is 5. The van der Waals surface area contributed by atoms with Gasteiger partial charge in [-0.3, -0.25) is 0 Å². The molecule has 0 spiro atoms. The standard InChI is InChI=1S/C16H18O3S/c1-4-13-5-6-14(20-13)9-19-15-10(2)7-12(16(17)18)8-11(15)3/h5-8H,4,9H2,1-3H3,(H,17,18). The molecular formula is C16H18O3S. The molecule has 1 aromatic carbocycles. The molecule has 2 rings (SSSR count). The molecule has 1 heterocycles. The minimum Gasteiger partial charge on any atom is -0.488 e. The van der Waals surface area contributed by atoms with Crippen LogP contribution in [0, 0.1) is 13.8 Å². The largest absolute Gasteiger partial charge is 0.488 e. The van der Waals surface area contributed by atoms with Crippen LogP contribution in [0.25, 0.3) is 0 Å². The third kappa shape index (κ3) is 3.20. The van der Waals surface area contributed by atoms with Crippen LogP contribution in [0.5, 0.6) is 5.75 Å². The number of benzene rings is 1. The third-order valence-corrected chi connectivity index (χ3v) is 4.33. The molecule has 1 N–H and O–H groups in total. The molecule has 0 radical (unpaired) electrons. The van der Waals surface area contributed by atoms with Crippen LogP contribution in [0.1, 0.15) is 38.2 Å². The highest BCUT2D eigenvalue weighted by Crippen LogP contribution is 2.27. The van der Waals surface area contributed by atoms with Crippen molar-refractivity contribution in [1.82, 2.24) is 0 Å². The predicted molar refractivity (Wildman–Crippen MR) is 80.9 cm³/mol. The summed E-state index contributed by atoms with van der Waals surface area (Å²) in [7, 11) is 0. The van der Waals surface area contributed by atoms with Crippen LogP contribution >= 0.6 is 11.3 Å². The minimum atomic E-state index is -0.909. The summed E-state index contributed by atoms with van der Waals surface area (Å²) in [5.74, 6) is -0.130. The van der Waals surface area contributed by atoms with Crippen molar-refractivity contribution in [3.8, 4) is 5.75 Å². The van der Waals surface area contributed by atoms with Crippen molar-refractivity contribution in [2.75, 3.05) is 0 Å². The highest BCUT2D eigenvalue weighted by atomic mass is 32.1. The van der Waals surface area contributed by atoms with Gasteiger partial charge in [0.25, 0.3) is 0 Å². The van der Waals surface area contributed by atoms with Gasteiger partial charge in [0.2, 0.25) is 0 Å². The van der Waals surface area contributed by atoms with E-state index in [0.29, 0.717) is 12.2 Å². The predicted octanol–water partition coefficient (Wildman–Crippen LogP) is 4.20. The molecular weight excluding hydrogens is 272 g/mol. The van der Waals surface area contributed by atoms with E-state index in [1.807, 2.05) is 13.8 Å². The smallest absolute Gasteiger partial charge is 0.335 e. The van der Waals surface area contributed by atoms with Crippen molar-refractivity contribution < 1.29 is 14.6 Å². The Kier molecular flexibility index (Phi) is 4.45. The molecule has 0 saturated carbocycles. The first-order chi connectivity index (χ1) is 9.51. The number of aryl methyl sites for hydroxylation is 3. The van der Waals surface area contributed by atoms with Crippen LogP contribution < -0.4 is 4.74 Å².